The summed E-state index contributed by atoms with van der Waals surface area (Å²) >= 11 is 5.87. The van der Waals surface area contributed by atoms with Gasteiger partial charge in [-0.05, 0) is 24.1 Å². The van der Waals surface area contributed by atoms with Crippen molar-refractivity contribution in [3.8, 4) is 0 Å². The quantitative estimate of drug-likeness (QED) is 0.695. The van der Waals surface area contributed by atoms with E-state index in [1.165, 1.54) is 0 Å². The Morgan fingerprint density at radius 3 is 2.83 bits per heavy atom. The van der Waals surface area contributed by atoms with Crippen LogP contribution in [0.25, 0.3) is 0 Å². The first-order chi connectivity index (χ1) is 8.49. The van der Waals surface area contributed by atoms with Crippen LogP contribution in [0, 0.1) is 5.92 Å². The summed E-state index contributed by atoms with van der Waals surface area (Å²) in [5, 5.41) is 6.58. The van der Waals surface area contributed by atoms with E-state index < -0.39 is 0 Å². The van der Waals surface area contributed by atoms with E-state index in [0.29, 0.717) is 36.1 Å². The van der Waals surface area contributed by atoms with Crippen LogP contribution in [0.3, 0.4) is 0 Å². The molecule has 0 spiro atoms. The van der Waals surface area contributed by atoms with E-state index in [0.717, 1.165) is 5.69 Å². The monoisotopic (exact) mass is 269 g/mol. The second-order valence-electron chi connectivity index (χ2n) is 4.61. The van der Waals surface area contributed by atoms with Gasteiger partial charge in [-0.15, -0.1) is 0 Å². The lowest BCUT2D eigenvalue weighted by Crippen LogP contribution is -2.28. The molecule has 0 aliphatic carbocycles. The number of hydrogen-bond acceptors (Lipinski definition) is 3. The van der Waals surface area contributed by atoms with Crippen molar-refractivity contribution in [2.45, 2.75) is 20.3 Å². The number of nitrogens with two attached hydrogens (primary N) is 1. The second kappa shape index (κ2) is 7.11. The van der Waals surface area contributed by atoms with E-state index >= 15 is 0 Å². The highest BCUT2D eigenvalue weighted by molar-refractivity contribution is 6.31. The predicted molar refractivity (Wildman–Crippen MR) is 76.8 cm³/mol. The van der Waals surface area contributed by atoms with Crippen molar-refractivity contribution in [1.82, 2.24) is 5.32 Å². The third kappa shape index (κ3) is 5.27. The van der Waals surface area contributed by atoms with Gasteiger partial charge in [0.15, 0.2) is 0 Å². The van der Waals surface area contributed by atoms with Gasteiger partial charge in [-0.25, -0.2) is 0 Å². The minimum Gasteiger partial charge on any atom is -0.397 e. The van der Waals surface area contributed by atoms with E-state index in [-0.39, 0.29) is 5.91 Å². The first-order valence-electron chi connectivity index (χ1n) is 6.04. The van der Waals surface area contributed by atoms with Gasteiger partial charge in [-0.2, -0.15) is 0 Å². The molecule has 0 aliphatic heterocycles. The maximum atomic E-state index is 11.5. The number of rotatable bonds is 6. The minimum atomic E-state index is 0.0387. The van der Waals surface area contributed by atoms with E-state index in [1.807, 2.05) is 0 Å². The number of amides is 1. The number of carbonyl (C=O) groups is 1. The molecule has 0 bridgehead atoms. The highest BCUT2D eigenvalue weighted by Crippen LogP contribution is 2.22. The van der Waals surface area contributed by atoms with Crippen molar-refractivity contribution in [2.24, 2.45) is 5.92 Å². The first kappa shape index (κ1) is 14.6. The molecule has 1 aromatic carbocycles. The summed E-state index contributed by atoms with van der Waals surface area (Å²) < 4.78 is 0. The fraction of sp³-hybridized carbons (Fsp3) is 0.462. The summed E-state index contributed by atoms with van der Waals surface area (Å²) in [5.74, 6) is 0.502. The number of carbonyl (C=O) groups excluding carboxylic acids is 1. The SMILES string of the molecule is CC(C)CNC(=O)CCNc1cc(Cl)ccc1N. The largest absolute Gasteiger partial charge is 0.397 e. The van der Waals surface area contributed by atoms with Gasteiger partial charge in [-0.3, -0.25) is 4.79 Å². The fourth-order valence-corrected chi connectivity index (χ4v) is 1.57. The third-order valence-corrected chi connectivity index (χ3v) is 2.63. The lowest BCUT2D eigenvalue weighted by atomic mass is 10.2. The van der Waals surface area contributed by atoms with Crippen LogP contribution in [0.15, 0.2) is 18.2 Å². The molecule has 0 aliphatic rings. The molecule has 0 heterocycles. The topological polar surface area (TPSA) is 67.2 Å². The maximum Gasteiger partial charge on any atom is 0.221 e. The summed E-state index contributed by atoms with van der Waals surface area (Å²) in [5.41, 5.74) is 7.17. The lowest BCUT2D eigenvalue weighted by Gasteiger charge is -2.10. The fourth-order valence-electron chi connectivity index (χ4n) is 1.40. The van der Waals surface area contributed by atoms with Crippen molar-refractivity contribution in [3.63, 3.8) is 0 Å². The molecule has 0 saturated carbocycles. The summed E-state index contributed by atoms with van der Waals surface area (Å²) in [6.07, 6.45) is 0.415. The summed E-state index contributed by atoms with van der Waals surface area (Å²) in [6, 6.07) is 5.23. The smallest absolute Gasteiger partial charge is 0.221 e. The predicted octanol–water partition coefficient (Wildman–Crippen LogP) is 2.50. The molecule has 0 atom stereocenters. The van der Waals surface area contributed by atoms with Gasteiger partial charge >= 0.3 is 0 Å². The Bertz CT molecular complexity index is 407. The van der Waals surface area contributed by atoms with Gasteiger partial charge in [0.1, 0.15) is 0 Å². The van der Waals surface area contributed by atoms with E-state index in [2.05, 4.69) is 24.5 Å². The molecule has 4 nitrogen and oxygen atoms in total. The molecule has 0 fully saturated rings. The van der Waals surface area contributed by atoms with Crippen LogP contribution >= 0.6 is 11.6 Å². The normalized spacial score (nSPS) is 10.4. The van der Waals surface area contributed by atoms with Crippen molar-refractivity contribution < 1.29 is 4.79 Å². The van der Waals surface area contributed by atoms with Crippen LogP contribution in [-0.2, 0) is 4.79 Å². The minimum absolute atomic E-state index is 0.0387. The zero-order chi connectivity index (χ0) is 13.5. The summed E-state index contributed by atoms with van der Waals surface area (Å²) in [6.45, 7) is 5.36. The molecule has 4 N–H and O–H groups in total. The highest BCUT2D eigenvalue weighted by Gasteiger charge is 2.03. The average Bonchev–Trinajstić information content (AvgIpc) is 2.31. The van der Waals surface area contributed by atoms with E-state index in [1.54, 1.807) is 18.2 Å². The van der Waals surface area contributed by atoms with Gasteiger partial charge in [0.25, 0.3) is 0 Å². The highest BCUT2D eigenvalue weighted by atomic mass is 35.5. The zero-order valence-electron chi connectivity index (χ0n) is 10.8. The molecule has 0 aromatic heterocycles. The second-order valence-corrected chi connectivity index (χ2v) is 5.04. The number of benzene rings is 1. The van der Waals surface area contributed by atoms with Crippen molar-refractivity contribution in [3.05, 3.63) is 23.2 Å². The molecule has 5 heteroatoms. The van der Waals surface area contributed by atoms with E-state index in [9.17, 15) is 4.79 Å². The molecule has 1 amide bonds. The van der Waals surface area contributed by atoms with Crippen LogP contribution in [0.1, 0.15) is 20.3 Å². The van der Waals surface area contributed by atoms with Gasteiger partial charge in [0.05, 0.1) is 11.4 Å². The zero-order valence-corrected chi connectivity index (χ0v) is 11.6. The van der Waals surface area contributed by atoms with Crippen LogP contribution < -0.4 is 16.4 Å². The molecular weight excluding hydrogens is 250 g/mol. The molecule has 0 unspecified atom stereocenters. The van der Waals surface area contributed by atoms with Gasteiger partial charge in [0, 0.05) is 24.5 Å². The molecule has 0 radical (unpaired) electrons. The molecule has 0 saturated heterocycles. The molecule has 1 rings (SSSR count). The number of anilines is 2. The summed E-state index contributed by atoms with van der Waals surface area (Å²) in [7, 11) is 0. The summed E-state index contributed by atoms with van der Waals surface area (Å²) in [4.78, 5) is 11.5. The van der Waals surface area contributed by atoms with Crippen LogP contribution in [0.4, 0.5) is 11.4 Å². The van der Waals surface area contributed by atoms with Gasteiger partial charge in [0.2, 0.25) is 5.91 Å². The Kier molecular flexibility index (Phi) is 5.78. The Labute approximate surface area is 113 Å². The van der Waals surface area contributed by atoms with E-state index in [4.69, 9.17) is 17.3 Å². The Hall–Kier alpha value is -1.42. The number of nitrogen functional groups attached to an aromatic ring is 1. The Morgan fingerprint density at radius 2 is 2.17 bits per heavy atom. The van der Waals surface area contributed by atoms with Crippen molar-refractivity contribution in [1.29, 1.82) is 0 Å². The number of hydrogen-bond donors (Lipinski definition) is 3. The Morgan fingerprint density at radius 1 is 1.44 bits per heavy atom. The Balaban J connectivity index is 2.33. The van der Waals surface area contributed by atoms with Crippen LogP contribution in [0.5, 0.6) is 0 Å². The maximum absolute atomic E-state index is 11.5. The number of nitrogens with one attached hydrogen (secondary N) is 2. The number of halogens is 1. The molecular formula is C13H20ClN3O. The van der Waals surface area contributed by atoms with Gasteiger partial charge in [-0.1, -0.05) is 25.4 Å². The standard InChI is InChI=1S/C13H20ClN3O/c1-9(2)8-17-13(18)5-6-16-12-7-10(14)3-4-11(12)15/h3-4,7,9,16H,5-6,8,15H2,1-2H3,(H,17,18). The van der Waals surface area contributed by atoms with Gasteiger partial charge < -0.3 is 16.4 Å². The van der Waals surface area contributed by atoms with Crippen molar-refractivity contribution in [2.75, 3.05) is 24.1 Å². The molecule has 100 valence electrons. The molecule has 18 heavy (non-hydrogen) atoms. The third-order valence-electron chi connectivity index (χ3n) is 2.39. The van der Waals surface area contributed by atoms with Crippen molar-refractivity contribution >= 4 is 28.9 Å². The molecule has 1 aromatic rings. The lowest BCUT2D eigenvalue weighted by molar-refractivity contribution is -0.120. The van der Waals surface area contributed by atoms with Crippen LogP contribution in [-0.4, -0.2) is 19.0 Å². The first-order valence-corrected chi connectivity index (χ1v) is 6.42. The van der Waals surface area contributed by atoms with Crippen LogP contribution in [0.2, 0.25) is 5.02 Å². The average molecular weight is 270 g/mol.